The standard InChI is InChI=1S/C12H8N2O3/c15-12(16)11-6-10(14-17-11)8-2-1-7-3-4-13-9(7)5-8/h1-6,13H,(H,15,16). The summed E-state index contributed by atoms with van der Waals surface area (Å²) in [4.78, 5) is 13.8. The number of H-pyrrole nitrogens is 1. The molecule has 0 radical (unpaired) electrons. The molecule has 0 amide bonds. The van der Waals surface area contributed by atoms with Crippen LogP contribution in [0.1, 0.15) is 10.6 Å². The number of carbonyl (C=O) groups is 1. The Morgan fingerprint density at radius 2 is 2.18 bits per heavy atom. The minimum absolute atomic E-state index is 0.161. The fourth-order valence-electron chi connectivity index (χ4n) is 1.72. The van der Waals surface area contributed by atoms with E-state index < -0.39 is 5.97 Å². The second-order valence-corrected chi connectivity index (χ2v) is 3.66. The highest BCUT2D eigenvalue weighted by Crippen LogP contribution is 2.23. The zero-order chi connectivity index (χ0) is 11.8. The molecule has 0 spiro atoms. The van der Waals surface area contributed by atoms with Gasteiger partial charge in [-0.25, -0.2) is 4.79 Å². The first-order chi connectivity index (χ1) is 8.24. The average molecular weight is 228 g/mol. The van der Waals surface area contributed by atoms with Crippen LogP contribution < -0.4 is 0 Å². The number of aromatic carboxylic acids is 1. The second-order valence-electron chi connectivity index (χ2n) is 3.66. The SMILES string of the molecule is O=C(O)c1cc(-c2ccc3cc[nH]c3c2)no1. The van der Waals surface area contributed by atoms with Gasteiger partial charge in [0, 0.05) is 23.3 Å². The van der Waals surface area contributed by atoms with Crippen molar-refractivity contribution >= 4 is 16.9 Å². The summed E-state index contributed by atoms with van der Waals surface area (Å²) in [6.45, 7) is 0. The van der Waals surface area contributed by atoms with E-state index in [0.717, 1.165) is 16.5 Å². The van der Waals surface area contributed by atoms with Crippen LogP contribution in [0.3, 0.4) is 0 Å². The van der Waals surface area contributed by atoms with Gasteiger partial charge in [0.15, 0.2) is 0 Å². The molecule has 17 heavy (non-hydrogen) atoms. The van der Waals surface area contributed by atoms with Crippen molar-refractivity contribution in [2.45, 2.75) is 0 Å². The van der Waals surface area contributed by atoms with Crippen LogP contribution in [0.4, 0.5) is 0 Å². The van der Waals surface area contributed by atoms with Gasteiger partial charge in [-0.2, -0.15) is 0 Å². The minimum Gasteiger partial charge on any atom is -0.475 e. The summed E-state index contributed by atoms with van der Waals surface area (Å²) in [5.74, 6) is -1.28. The predicted octanol–water partition coefficient (Wildman–Crippen LogP) is 2.52. The molecule has 2 N–H and O–H groups in total. The summed E-state index contributed by atoms with van der Waals surface area (Å²) >= 11 is 0. The molecule has 0 aliphatic heterocycles. The number of hydrogen-bond acceptors (Lipinski definition) is 3. The molecule has 2 aromatic heterocycles. The number of nitrogens with zero attached hydrogens (tertiary/aromatic N) is 1. The molecule has 0 atom stereocenters. The van der Waals surface area contributed by atoms with Crippen molar-refractivity contribution in [3.63, 3.8) is 0 Å². The molecular weight excluding hydrogens is 220 g/mol. The number of nitrogens with one attached hydrogen (secondary N) is 1. The monoisotopic (exact) mass is 228 g/mol. The Kier molecular flexibility index (Phi) is 1.98. The summed E-state index contributed by atoms with van der Waals surface area (Å²) < 4.78 is 4.71. The Morgan fingerprint density at radius 3 is 2.94 bits per heavy atom. The van der Waals surface area contributed by atoms with Crippen molar-refractivity contribution in [3.8, 4) is 11.3 Å². The third-order valence-electron chi connectivity index (χ3n) is 2.57. The van der Waals surface area contributed by atoms with Crippen LogP contribution in [-0.2, 0) is 0 Å². The fourth-order valence-corrected chi connectivity index (χ4v) is 1.72. The molecule has 1 aromatic carbocycles. The van der Waals surface area contributed by atoms with E-state index in [9.17, 15) is 4.79 Å². The highest BCUT2D eigenvalue weighted by molar-refractivity contribution is 5.87. The first-order valence-corrected chi connectivity index (χ1v) is 5.01. The number of benzene rings is 1. The molecule has 5 heteroatoms. The Balaban J connectivity index is 2.09. The molecule has 0 fully saturated rings. The smallest absolute Gasteiger partial charge is 0.374 e. The number of hydrogen-bond donors (Lipinski definition) is 2. The van der Waals surface area contributed by atoms with Crippen LogP contribution in [0.25, 0.3) is 22.2 Å². The van der Waals surface area contributed by atoms with Crippen molar-refractivity contribution in [1.82, 2.24) is 10.1 Å². The summed E-state index contributed by atoms with van der Waals surface area (Å²) in [6, 6.07) is 9.09. The third-order valence-corrected chi connectivity index (χ3v) is 2.57. The highest BCUT2D eigenvalue weighted by Gasteiger charge is 2.12. The van der Waals surface area contributed by atoms with Gasteiger partial charge < -0.3 is 14.6 Å². The Bertz CT molecular complexity index is 696. The molecule has 0 unspecified atom stereocenters. The molecule has 0 saturated carbocycles. The lowest BCUT2D eigenvalue weighted by Crippen LogP contribution is -1.91. The van der Waals surface area contributed by atoms with Crippen molar-refractivity contribution in [1.29, 1.82) is 0 Å². The largest absolute Gasteiger partial charge is 0.475 e. The second kappa shape index (κ2) is 3.48. The molecule has 0 aliphatic carbocycles. The maximum absolute atomic E-state index is 10.7. The van der Waals surface area contributed by atoms with Crippen molar-refractivity contribution < 1.29 is 14.4 Å². The van der Waals surface area contributed by atoms with Crippen molar-refractivity contribution in [2.24, 2.45) is 0 Å². The van der Waals surface area contributed by atoms with E-state index in [1.165, 1.54) is 6.07 Å². The maximum Gasteiger partial charge on any atom is 0.374 e. The normalized spacial score (nSPS) is 10.8. The van der Waals surface area contributed by atoms with Crippen LogP contribution in [0, 0.1) is 0 Å². The van der Waals surface area contributed by atoms with E-state index in [4.69, 9.17) is 9.63 Å². The van der Waals surface area contributed by atoms with Gasteiger partial charge in [0.05, 0.1) is 0 Å². The highest BCUT2D eigenvalue weighted by atomic mass is 16.5. The number of aromatic amines is 1. The quantitative estimate of drug-likeness (QED) is 0.706. The van der Waals surface area contributed by atoms with Gasteiger partial charge in [0.1, 0.15) is 5.69 Å². The lowest BCUT2D eigenvalue weighted by Gasteiger charge is -1.95. The molecule has 0 bridgehead atoms. The first kappa shape index (κ1) is 9.65. The van der Waals surface area contributed by atoms with Crippen LogP contribution >= 0.6 is 0 Å². The summed E-state index contributed by atoms with van der Waals surface area (Å²) in [5, 5.41) is 13.6. The van der Waals surface area contributed by atoms with E-state index in [2.05, 4.69) is 10.1 Å². The first-order valence-electron chi connectivity index (χ1n) is 5.01. The van der Waals surface area contributed by atoms with E-state index in [1.807, 2.05) is 30.5 Å². The van der Waals surface area contributed by atoms with Gasteiger partial charge in [0.25, 0.3) is 0 Å². The van der Waals surface area contributed by atoms with E-state index in [-0.39, 0.29) is 5.76 Å². The van der Waals surface area contributed by atoms with Gasteiger partial charge >= 0.3 is 5.97 Å². The van der Waals surface area contributed by atoms with Gasteiger partial charge in [-0.3, -0.25) is 0 Å². The third kappa shape index (κ3) is 1.57. The topological polar surface area (TPSA) is 79.1 Å². The molecule has 84 valence electrons. The molecule has 3 rings (SSSR count). The molecule has 0 aliphatic rings. The van der Waals surface area contributed by atoms with E-state index in [1.54, 1.807) is 0 Å². The summed E-state index contributed by atoms with van der Waals surface area (Å²) in [6.07, 6.45) is 1.85. The average Bonchev–Trinajstić information content (AvgIpc) is 2.97. The molecule has 0 saturated heterocycles. The van der Waals surface area contributed by atoms with Crippen LogP contribution in [-0.4, -0.2) is 21.2 Å². The van der Waals surface area contributed by atoms with Crippen molar-refractivity contribution in [2.75, 3.05) is 0 Å². The zero-order valence-electron chi connectivity index (χ0n) is 8.68. The number of aromatic nitrogens is 2. The van der Waals surface area contributed by atoms with E-state index >= 15 is 0 Å². The fraction of sp³-hybridized carbons (Fsp3) is 0. The van der Waals surface area contributed by atoms with Crippen LogP contribution in [0.15, 0.2) is 41.1 Å². The summed E-state index contributed by atoms with van der Waals surface area (Å²) in [7, 11) is 0. The van der Waals surface area contributed by atoms with E-state index in [0.29, 0.717) is 5.69 Å². The lowest BCUT2D eigenvalue weighted by atomic mass is 10.1. The lowest BCUT2D eigenvalue weighted by molar-refractivity contribution is 0.0652. The molecular formula is C12H8N2O3. The number of fused-ring (bicyclic) bond motifs is 1. The van der Waals surface area contributed by atoms with Gasteiger partial charge in [0.2, 0.25) is 5.76 Å². The van der Waals surface area contributed by atoms with Gasteiger partial charge in [-0.1, -0.05) is 17.3 Å². The number of rotatable bonds is 2. The van der Waals surface area contributed by atoms with Crippen LogP contribution in [0.5, 0.6) is 0 Å². The molecule has 3 aromatic rings. The van der Waals surface area contributed by atoms with Gasteiger partial charge in [-0.15, -0.1) is 0 Å². The number of carboxylic acids is 1. The molecule has 5 nitrogen and oxygen atoms in total. The molecule has 2 heterocycles. The Morgan fingerprint density at radius 1 is 1.29 bits per heavy atom. The zero-order valence-corrected chi connectivity index (χ0v) is 8.68. The van der Waals surface area contributed by atoms with Crippen molar-refractivity contribution in [3.05, 3.63) is 42.3 Å². The van der Waals surface area contributed by atoms with Crippen LogP contribution in [0.2, 0.25) is 0 Å². The Hall–Kier alpha value is -2.56. The van der Waals surface area contributed by atoms with Gasteiger partial charge in [-0.05, 0) is 17.5 Å². The Labute approximate surface area is 95.7 Å². The minimum atomic E-state index is -1.12. The summed E-state index contributed by atoms with van der Waals surface area (Å²) in [5.41, 5.74) is 2.30. The maximum atomic E-state index is 10.7. The number of carboxylic acid groups (broad SMARTS) is 1. The predicted molar refractivity (Wildman–Crippen MR) is 60.8 cm³/mol.